The number of hydrogen-bond donors (Lipinski definition) is 1. The van der Waals surface area contributed by atoms with Crippen LogP contribution >= 0.6 is 11.6 Å². The molecule has 3 heterocycles. The molecule has 0 saturated carbocycles. The number of anilines is 1. The molecular formula is C24H22ClFN4O4. The molecule has 0 unspecified atom stereocenters. The normalized spacial score (nSPS) is 15.3. The highest BCUT2D eigenvalue weighted by molar-refractivity contribution is 6.31. The second-order valence-electron chi connectivity index (χ2n) is 8.46. The first-order valence-electron chi connectivity index (χ1n) is 10.8. The van der Waals surface area contributed by atoms with Gasteiger partial charge in [0.2, 0.25) is 0 Å². The Morgan fingerprint density at radius 3 is 2.82 bits per heavy atom. The van der Waals surface area contributed by atoms with Crippen LogP contribution in [-0.4, -0.2) is 52.8 Å². The molecule has 34 heavy (non-hydrogen) atoms. The lowest BCUT2D eigenvalue weighted by molar-refractivity contribution is -0.118. The third-order valence-electron chi connectivity index (χ3n) is 6.12. The summed E-state index contributed by atoms with van der Waals surface area (Å²) in [6, 6.07) is 7.89. The van der Waals surface area contributed by atoms with Crippen LogP contribution in [0.4, 0.5) is 10.1 Å². The number of aryl methyl sites for hydroxylation is 1. The molecule has 2 amide bonds. The minimum absolute atomic E-state index is 0.101. The molecule has 1 N–H and O–H groups in total. The lowest BCUT2D eigenvalue weighted by Crippen LogP contribution is -2.52. The summed E-state index contributed by atoms with van der Waals surface area (Å²) < 4.78 is 27.6. The van der Waals surface area contributed by atoms with E-state index in [0.29, 0.717) is 36.2 Å². The topological polar surface area (TPSA) is 85.7 Å². The number of likely N-dealkylation sites (tertiary alicyclic amines) is 1. The molecule has 0 atom stereocenters. The molecule has 3 aromatic rings. The molecule has 8 nitrogen and oxygen atoms in total. The predicted molar refractivity (Wildman–Crippen MR) is 124 cm³/mol. The van der Waals surface area contributed by atoms with Crippen molar-refractivity contribution in [3.05, 3.63) is 58.6 Å². The van der Waals surface area contributed by atoms with Crippen LogP contribution in [0.2, 0.25) is 5.02 Å². The predicted octanol–water partition coefficient (Wildman–Crippen LogP) is 3.67. The number of aromatic nitrogens is 2. The van der Waals surface area contributed by atoms with Gasteiger partial charge in [0, 0.05) is 54.0 Å². The Morgan fingerprint density at radius 2 is 2.09 bits per heavy atom. The van der Waals surface area contributed by atoms with Crippen molar-refractivity contribution in [1.29, 1.82) is 0 Å². The molecule has 0 bridgehead atoms. The number of fused-ring (bicyclic) bond motifs is 1. The first kappa shape index (κ1) is 22.2. The molecule has 2 aromatic carbocycles. The second kappa shape index (κ2) is 8.64. The summed E-state index contributed by atoms with van der Waals surface area (Å²) in [6.45, 7) is 3.07. The Balaban J connectivity index is 1.24. The maximum absolute atomic E-state index is 14.5. The van der Waals surface area contributed by atoms with Crippen LogP contribution in [0.15, 0.2) is 36.5 Å². The molecule has 1 aromatic heterocycles. The van der Waals surface area contributed by atoms with Crippen LogP contribution in [0, 0.1) is 18.7 Å². The number of amides is 2. The van der Waals surface area contributed by atoms with Crippen LogP contribution in [0.5, 0.6) is 11.5 Å². The van der Waals surface area contributed by atoms with Crippen molar-refractivity contribution in [2.45, 2.75) is 6.92 Å². The van der Waals surface area contributed by atoms with E-state index >= 15 is 0 Å². The molecule has 176 valence electrons. The number of carbonyl (C=O) groups is 2. The maximum Gasteiger partial charge on any atom is 0.262 e. The van der Waals surface area contributed by atoms with Gasteiger partial charge in [0.1, 0.15) is 17.3 Å². The molecule has 2 aliphatic rings. The lowest BCUT2D eigenvalue weighted by atomic mass is 9.99. The van der Waals surface area contributed by atoms with Gasteiger partial charge in [-0.3, -0.25) is 14.3 Å². The van der Waals surface area contributed by atoms with Gasteiger partial charge in [-0.1, -0.05) is 11.6 Å². The van der Waals surface area contributed by atoms with Gasteiger partial charge in [-0.05, 0) is 31.2 Å². The van der Waals surface area contributed by atoms with Gasteiger partial charge in [0.05, 0.1) is 24.1 Å². The van der Waals surface area contributed by atoms with Crippen molar-refractivity contribution in [2.75, 3.05) is 31.6 Å². The van der Waals surface area contributed by atoms with Crippen LogP contribution < -0.4 is 14.8 Å². The Hall–Kier alpha value is -3.59. The van der Waals surface area contributed by atoms with Gasteiger partial charge in [-0.2, -0.15) is 5.10 Å². The van der Waals surface area contributed by atoms with E-state index < -0.39 is 11.7 Å². The van der Waals surface area contributed by atoms with Gasteiger partial charge in [0.25, 0.3) is 11.8 Å². The zero-order valence-corrected chi connectivity index (χ0v) is 19.4. The van der Waals surface area contributed by atoms with Crippen molar-refractivity contribution in [3.63, 3.8) is 0 Å². The monoisotopic (exact) mass is 484 g/mol. The van der Waals surface area contributed by atoms with Crippen molar-refractivity contribution in [3.8, 4) is 22.6 Å². The maximum atomic E-state index is 14.5. The Labute approximate surface area is 200 Å². The highest BCUT2D eigenvalue weighted by Gasteiger charge is 2.34. The smallest absolute Gasteiger partial charge is 0.262 e. The summed E-state index contributed by atoms with van der Waals surface area (Å²) in [7, 11) is 1.87. The summed E-state index contributed by atoms with van der Waals surface area (Å²) in [5.41, 5.74) is 2.97. The first-order valence-corrected chi connectivity index (χ1v) is 11.1. The molecule has 1 saturated heterocycles. The number of rotatable bonds is 5. The Bertz CT molecular complexity index is 1300. The van der Waals surface area contributed by atoms with E-state index in [1.807, 2.05) is 26.1 Å². The van der Waals surface area contributed by atoms with Crippen LogP contribution in [-0.2, 0) is 11.8 Å². The number of ether oxygens (including phenoxy) is 2. The summed E-state index contributed by atoms with van der Waals surface area (Å²) in [6.07, 6.45) is 1.78. The third-order valence-corrected chi connectivity index (χ3v) is 6.35. The van der Waals surface area contributed by atoms with E-state index in [1.54, 1.807) is 21.8 Å². The molecule has 0 aliphatic carbocycles. The Morgan fingerprint density at radius 1 is 1.29 bits per heavy atom. The summed E-state index contributed by atoms with van der Waals surface area (Å²) in [5.74, 6) is -0.465. The fraction of sp³-hybridized carbons (Fsp3) is 0.292. The largest absolute Gasteiger partial charge is 0.493 e. The molecule has 1 fully saturated rings. The van der Waals surface area contributed by atoms with Gasteiger partial charge in [-0.15, -0.1) is 0 Å². The van der Waals surface area contributed by atoms with E-state index in [-0.39, 0.29) is 29.7 Å². The van der Waals surface area contributed by atoms with E-state index in [9.17, 15) is 14.0 Å². The third kappa shape index (κ3) is 4.07. The second-order valence-corrected chi connectivity index (χ2v) is 8.90. The quantitative estimate of drug-likeness (QED) is 0.597. The van der Waals surface area contributed by atoms with Crippen molar-refractivity contribution < 1.29 is 23.5 Å². The summed E-state index contributed by atoms with van der Waals surface area (Å²) in [5, 5.41) is 7.49. The van der Waals surface area contributed by atoms with Crippen molar-refractivity contribution >= 4 is 29.1 Å². The molecule has 5 rings (SSSR count). The number of halogens is 2. The molecule has 0 spiro atoms. The number of benzene rings is 2. The molecular weight excluding hydrogens is 463 g/mol. The minimum atomic E-state index is -0.683. The molecule has 0 radical (unpaired) electrons. The first-order chi connectivity index (χ1) is 16.3. The van der Waals surface area contributed by atoms with Gasteiger partial charge in [-0.25, -0.2) is 4.39 Å². The van der Waals surface area contributed by atoms with E-state index in [0.717, 1.165) is 22.9 Å². The zero-order chi connectivity index (χ0) is 24.0. The number of hydrogen-bond acceptors (Lipinski definition) is 5. The van der Waals surface area contributed by atoms with Crippen LogP contribution in [0.3, 0.4) is 0 Å². The van der Waals surface area contributed by atoms with E-state index in [2.05, 4.69) is 10.4 Å². The molecule has 10 heteroatoms. The number of carbonyl (C=O) groups excluding carboxylic acids is 2. The minimum Gasteiger partial charge on any atom is -0.493 e. The van der Waals surface area contributed by atoms with E-state index in [4.69, 9.17) is 21.1 Å². The summed E-state index contributed by atoms with van der Waals surface area (Å²) >= 11 is 6.22. The van der Waals surface area contributed by atoms with Crippen LogP contribution in [0.25, 0.3) is 11.1 Å². The lowest BCUT2D eigenvalue weighted by Gasteiger charge is -2.39. The van der Waals surface area contributed by atoms with Gasteiger partial charge in [0.15, 0.2) is 6.61 Å². The van der Waals surface area contributed by atoms with Crippen molar-refractivity contribution in [2.24, 2.45) is 13.0 Å². The standard InChI is InChI=1S/C24H22ClFN4O4/c1-13-18(8-27-29(13)2)16-5-15(25)3-4-21(16)33-11-14-9-30(10-14)24(32)17-6-20-22(7-19(17)26)34-12-23(31)28-20/h3-8,14H,9-12H2,1-2H3,(H,28,31). The van der Waals surface area contributed by atoms with Gasteiger partial charge >= 0.3 is 0 Å². The summed E-state index contributed by atoms with van der Waals surface area (Å²) in [4.78, 5) is 25.9. The highest BCUT2D eigenvalue weighted by Crippen LogP contribution is 2.35. The Kier molecular flexibility index (Phi) is 5.65. The SMILES string of the molecule is Cc1c(-c2cc(Cl)ccc2OCC2CN(C(=O)c3cc4c(cc3F)OCC(=O)N4)C2)cnn1C. The fourth-order valence-electron chi connectivity index (χ4n) is 4.09. The fourth-order valence-corrected chi connectivity index (χ4v) is 4.26. The average molecular weight is 485 g/mol. The van der Waals surface area contributed by atoms with Crippen molar-refractivity contribution in [1.82, 2.24) is 14.7 Å². The molecule has 2 aliphatic heterocycles. The van der Waals surface area contributed by atoms with E-state index in [1.165, 1.54) is 6.07 Å². The average Bonchev–Trinajstić information content (AvgIpc) is 3.11. The van der Waals surface area contributed by atoms with Crippen LogP contribution in [0.1, 0.15) is 16.1 Å². The number of nitrogens with one attached hydrogen (secondary N) is 1. The number of nitrogens with zero attached hydrogens (tertiary/aromatic N) is 3. The zero-order valence-electron chi connectivity index (χ0n) is 18.6. The van der Waals surface area contributed by atoms with Gasteiger partial charge < -0.3 is 19.7 Å². The highest BCUT2D eigenvalue weighted by atomic mass is 35.5.